The van der Waals surface area contributed by atoms with Gasteiger partial charge in [-0.05, 0) is 50.0 Å². The van der Waals surface area contributed by atoms with Crippen molar-refractivity contribution in [1.29, 1.82) is 0 Å². The molecule has 126 valence electrons. The maximum atomic E-state index is 11.2. The number of rotatable bonds is 4. The maximum absolute atomic E-state index is 11.2. The third kappa shape index (κ3) is 3.70. The molecule has 1 fully saturated rings. The third-order valence-corrected chi connectivity index (χ3v) is 5.56. The monoisotopic (exact) mass is 387 g/mol. The molecule has 1 unspecified atom stereocenters. The predicted octanol–water partition coefficient (Wildman–Crippen LogP) is 4.64. The Morgan fingerprint density at radius 3 is 2.33 bits per heavy atom. The van der Waals surface area contributed by atoms with Crippen molar-refractivity contribution in [2.75, 3.05) is 13.1 Å². The molecule has 1 heterocycles. The van der Waals surface area contributed by atoms with E-state index < -0.39 is 5.97 Å². The molecule has 1 aliphatic heterocycles. The van der Waals surface area contributed by atoms with Crippen LogP contribution >= 0.6 is 15.9 Å². The normalized spacial score (nSPS) is 17.6. The minimum Gasteiger partial charge on any atom is -0.481 e. The summed E-state index contributed by atoms with van der Waals surface area (Å²) in [6.45, 7) is 3.70. The van der Waals surface area contributed by atoms with Crippen LogP contribution < -0.4 is 0 Å². The number of carboxylic acid groups (broad SMARTS) is 1. The highest BCUT2D eigenvalue weighted by molar-refractivity contribution is 9.10. The van der Waals surface area contributed by atoms with Crippen LogP contribution in [0.4, 0.5) is 0 Å². The summed E-state index contributed by atoms with van der Waals surface area (Å²) in [4.78, 5) is 13.6. The van der Waals surface area contributed by atoms with Gasteiger partial charge in [-0.3, -0.25) is 9.69 Å². The van der Waals surface area contributed by atoms with Crippen molar-refractivity contribution >= 4 is 21.9 Å². The van der Waals surface area contributed by atoms with Gasteiger partial charge >= 0.3 is 5.97 Å². The van der Waals surface area contributed by atoms with Gasteiger partial charge in [0.2, 0.25) is 0 Å². The second-order valence-electron chi connectivity index (χ2n) is 6.48. The molecule has 4 heteroatoms. The lowest BCUT2D eigenvalue weighted by Gasteiger charge is -2.37. The summed E-state index contributed by atoms with van der Waals surface area (Å²) >= 11 is 3.69. The van der Waals surface area contributed by atoms with Gasteiger partial charge < -0.3 is 5.11 Å². The van der Waals surface area contributed by atoms with Crippen LogP contribution in [0.1, 0.15) is 35.6 Å². The van der Waals surface area contributed by atoms with Crippen molar-refractivity contribution in [3.8, 4) is 0 Å². The number of hydrogen-bond donors (Lipinski definition) is 1. The molecule has 3 nitrogen and oxygen atoms in total. The number of halogens is 1. The number of benzene rings is 2. The zero-order valence-electron chi connectivity index (χ0n) is 13.8. The molecule has 1 aliphatic rings. The Morgan fingerprint density at radius 2 is 1.75 bits per heavy atom. The van der Waals surface area contributed by atoms with Crippen molar-refractivity contribution in [1.82, 2.24) is 4.90 Å². The SMILES string of the molecule is Cc1ccc(C(c2ccccc2Br)N2CCC(C(=O)O)CC2)cc1. The number of aliphatic carboxylic acids is 1. The molecule has 0 amide bonds. The summed E-state index contributed by atoms with van der Waals surface area (Å²) in [6.07, 6.45) is 1.42. The van der Waals surface area contributed by atoms with Gasteiger partial charge in [-0.2, -0.15) is 0 Å². The Bertz CT molecular complexity index is 706. The van der Waals surface area contributed by atoms with E-state index in [4.69, 9.17) is 0 Å². The molecule has 0 saturated carbocycles. The standard InChI is InChI=1S/C20H22BrNO2/c1-14-6-8-15(9-7-14)19(17-4-2-3-5-18(17)21)22-12-10-16(11-13-22)20(23)24/h2-9,16,19H,10-13H2,1H3,(H,23,24). The molecule has 1 saturated heterocycles. The average molecular weight is 388 g/mol. The number of piperidine rings is 1. The second kappa shape index (κ2) is 7.49. The largest absolute Gasteiger partial charge is 0.481 e. The smallest absolute Gasteiger partial charge is 0.306 e. The third-order valence-electron chi connectivity index (χ3n) is 4.84. The van der Waals surface area contributed by atoms with Crippen molar-refractivity contribution < 1.29 is 9.90 Å². The van der Waals surface area contributed by atoms with Crippen molar-refractivity contribution in [2.45, 2.75) is 25.8 Å². The van der Waals surface area contributed by atoms with Crippen molar-refractivity contribution in [3.63, 3.8) is 0 Å². The van der Waals surface area contributed by atoms with Crippen LogP contribution in [-0.2, 0) is 4.79 Å². The lowest BCUT2D eigenvalue weighted by Crippen LogP contribution is -2.39. The summed E-state index contributed by atoms with van der Waals surface area (Å²) in [6, 6.07) is 17.1. The molecule has 0 radical (unpaired) electrons. The molecule has 0 spiro atoms. The van der Waals surface area contributed by atoms with E-state index in [0.717, 1.165) is 17.6 Å². The summed E-state index contributed by atoms with van der Waals surface area (Å²) in [7, 11) is 0. The fourth-order valence-corrected chi connectivity index (χ4v) is 3.94. The van der Waals surface area contributed by atoms with E-state index in [1.54, 1.807) is 0 Å². The average Bonchev–Trinajstić information content (AvgIpc) is 2.59. The fraction of sp³-hybridized carbons (Fsp3) is 0.350. The molecular formula is C20H22BrNO2. The fourth-order valence-electron chi connectivity index (χ4n) is 3.44. The first kappa shape index (κ1) is 17.2. The lowest BCUT2D eigenvalue weighted by molar-refractivity contribution is -0.143. The van der Waals surface area contributed by atoms with Crippen molar-refractivity contribution in [2.24, 2.45) is 5.92 Å². The highest BCUT2D eigenvalue weighted by atomic mass is 79.9. The molecule has 0 aliphatic carbocycles. The lowest BCUT2D eigenvalue weighted by atomic mass is 9.91. The van der Waals surface area contributed by atoms with E-state index in [1.807, 2.05) is 6.07 Å². The van der Waals surface area contributed by atoms with Crippen LogP contribution in [0.3, 0.4) is 0 Å². The van der Waals surface area contributed by atoms with E-state index in [2.05, 4.69) is 70.2 Å². The zero-order chi connectivity index (χ0) is 17.1. The molecule has 2 aromatic rings. The van der Waals surface area contributed by atoms with Crippen LogP contribution in [0, 0.1) is 12.8 Å². The summed E-state index contributed by atoms with van der Waals surface area (Å²) in [5, 5.41) is 9.25. The van der Waals surface area contributed by atoms with Gasteiger partial charge in [-0.1, -0.05) is 64.0 Å². The number of carbonyl (C=O) groups is 1. The summed E-state index contributed by atoms with van der Waals surface area (Å²) < 4.78 is 1.09. The van der Waals surface area contributed by atoms with Gasteiger partial charge in [0.05, 0.1) is 12.0 Å². The number of likely N-dealkylation sites (tertiary alicyclic amines) is 1. The van der Waals surface area contributed by atoms with Crippen molar-refractivity contribution in [3.05, 3.63) is 69.7 Å². The molecule has 1 atom stereocenters. The van der Waals surface area contributed by atoms with Gasteiger partial charge in [0.15, 0.2) is 0 Å². The highest BCUT2D eigenvalue weighted by Crippen LogP contribution is 2.36. The number of aryl methyl sites for hydroxylation is 1. The van der Waals surface area contributed by atoms with Gasteiger partial charge in [-0.25, -0.2) is 0 Å². The van der Waals surface area contributed by atoms with E-state index >= 15 is 0 Å². The highest BCUT2D eigenvalue weighted by Gasteiger charge is 2.30. The van der Waals surface area contributed by atoms with Gasteiger partial charge in [0, 0.05) is 4.47 Å². The quantitative estimate of drug-likeness (QED) is 0.830. The first-order valence-electron chi connectivity index (χ1n) is 8.34. The molecule has 3 rings (SSSR count). The minimum atomic E-state index is -0.664. The number of nitrogens with zero attached hydrogens (tertiary/aromatic N) is 1. The Hall–Kier alpha value is -1.65. The predicted molar refractivity (Wildman–Crippen MR) is 99.1 cm³/mol. The van der Waals surface area contributed by atoms with Gasteiger partial charge in [0.25, 0.3) is 0 Å². The van der Waals surface area contributed by atoms with Crippen LogP contribution in [-0.4, -0.2) is 29.1 Å². The minimum absolute atomic E-state index is 0.149. The molecular weight excluding hydrogens is 366 g/mol. The first-order valence-corrected chi connectivity index (χ1v) is 9.13. The maximum Gasteiger partial charge on any atom is 0.306 e. The zero-order valence-corrected chi connectivity index (χ0v) is 15.4. The molecule has 1 N–H and O–H groups in total. The van der Waals surface area contributed by atoms with E-state index in [9.17, 15) is 9.90 Å². The number of hydrogen-bond acceptors (Lipinski definition) is 2. The molecule has 24 heavy (non-hydrogen) atoms. The van der Waals surface area contributed by atoms with Crippen LogP contribution in [0.25, 0.3) is 0 Å². The Balaban J connectivity index is 1.93. The van der Waals surface area contributed by atoms with Crippen LogP contribution in [0.5, 0.6) is 0 Å². The molecule has 2 aromatic carbocycles. The Morgan fingerprint density at radius 1 is 1.12 bits per heavy atom. The first-order chi connectivity index (χ1) is 11.6. The van der Waals surface area contributed by atoms with Gasteiger partial charge in [0.1, 0.15) is 0 Å². The van der Waals surface area contributed by atoms with Gasteiger partial charge in [-0.15, -0.1) is 0 Å². The molecule has 0 aromatic heterocycles. The second-order valence-corrected chi connectivity index (χ2v) is 7.34. The molecule has 0 bridgehead atoms. The van der Waals surface area contributed by atoms with E-state index in [1.165, 1.54) is 16.7 Å². The van der Waals surface area contributed by atoms with E-state index in [-0.39, 0.29) is 12.0 Å². The van der Waals surface area contributed by atoms with Crippen LogP contribution in [0.15, 0.2) is 53.0 Å². The topological polar surface area (TPSA) is 40.5 Å². The summed E-state index contributed by atoms with van der Waals surface area (Å²) in [5.74, 6) is -0.874. The van der Waals surface area contributed by atoms with E-state index in [0.29, 0.717) is 12.8 Å². The number of carboxylic acids is 1. The Kier molecular flexibility index (Phi) is 5.36. The van der Waals surface area contributed by atoms with Crippen LogP contribution in [0.2, 0.25) is 0 Å². The summed E-state index contributed by atoms with van der Waals surface area (Å²) in [5.41, 5.74) is 3.73. The Labute approximate surface area is 151 Å².